The van der Waals surface area contributed by atoms with Crippen LogP contribution in [0, 0.1) is 0 Å². The van der Waals surface area contributed by atoms with Crippen molar-refractivity contribution in [3.8, 4) is 27.9 Å². The van der Waals surface area contributed by atoms with Crippen LogP contribution >= 0.6 is 0 Å². The maximum Gasteiger partial charge on any atom is 0.0583 e. The summed E-state index contributed by atoms with van der Waals surface area (Å²) in [7, 11) is 0. The lowest BCUT2D eigenvalue weighted by atomic mass is 9.68. The smallest absolute Gasteiger partial charge is 0.0583 e. The van der Waals surface area contributed by atoms with E-state index in [1.54, 1.807) is 5.57 Å². The van der Waals surface area contributed by atoms with E-state index in [4.69, 9.17) is 0 Å². The Kier molecular flexibility index (Phi) is 6.90. The maximum absolute atomic E-state index is 2.66. The van der Waals surface area contributed by atoms with Gasteiger partial charge in [0.05, 0.1) is 16.6 Å². The van der Waals surface area contributed by atoms with Gasteiger partial charge in [0, 0.05) is 38.5 Å². The van der Waals surface area contributed by atoms with Crippen LogP contribution in [0.5, 0.6) is 0 Å². The van der Waals surface area contributed by atoms with Crippen LogP contribution in [0.1, 0.15) is 57.2 Å². The van der Waals surface area contributed by atoms with E-state index in [2.05, 4.69) is 207 Å². The first-order chi connectivity index (χ1) is 28.3. The van der Waals surface area contributed by atoms with E-state index in [1.807, 2.05) is 0 Å². The molecule has 2 aliphatic heterocycles. The highest BCUT2D eigenvalue weighted by molar-refractivity contribution is 5.98. The Balaban J connectivity index is 1.07. The van der Waals surface area contributed by atoms with Gasteiger partial charge in [-0.05, 0) is 127 Å². The van der Waals surface area contributed by atoms with Gasteiger partial charge in [-0.25, -0.2) is 0 Å². The van der Waals surface area contributed by atoms with Crippen LogP contribution in [0.2, 0.25) is 0 Å². The molecule has 0 saturated heterocycles. The van der Waals surface area contributed by atoms with E-state index in [1.165, 1.54) is 93.3 Å². The number of nitrogens with zero attached hydrogens (tertiary/aromatic N) is 2. The van der Waals surface area contributed by atoms with Crippen molar-refractivity contribution in [2.24, 2.45) is 0 Å². The van der Waals surface area contributed by atoms with Gasteiger partial charge in [0.1, 0.15) is 0 Å². The van der Waals surface area contributed by atoms with Gasteiger partial charge in [-0.1, -0.05) is 149 Å². The molecule has 3 aliphatic rings. The molecule has 0 saturated carbocycles. The summed E-state index contributed by atoms with van der Waals surface area (Å²) in [5.74, 6) is 0. The topological polar surface area (TPSA) is 8.17 Å². The van der Waals surface area contributed by atoms with Gasteiger partial charge in [0.2, 0.25) is 0 Å². The number of fused-ring (bicyclic) bond motifs is 3. The lowest BCUT2D eigenvalue weighted by Crippen LogP contribution is -2.45. The molecule has 0 atom stereocenters. The zero-order valence-corrected chi connectivity index (χ0v) is 33.5. The summed E-state index contributed by atoms with van der Waals surface area (Å²) in [6.45, 7) is 9.78. The van der Waals surface area contributed by atoms with Gasteiger partial charge in [-0.2, -0.15) is 0 Å². The largest absolute Gasteiger partial charge is 0.310 e. The second kappa shape index (κ2) is 11.9. The minimum absolute atomic E-state index is 0.0270. The Morgan fingerprint density at radius 1 is 0.466 bits per heavy atom. The van der Waals surface area contributed by atoms with Crippen molar-refractivity contribution in [3.63, 3.8) is 0 Å². The standard InChI is InChI=1S/C56H44N2/c1-55(2)48-16-9-15-46-47-33-45(34-51-53(47)58(52(46)48)54-49(55)17-10-18-50(54)56(51,3)4)57(43-27-23-37(24-28-43)41-21-19-35-11-5-7-13-39(35)31-41)44-29-25-38(26-30-44)42-22-20-36-12-6-8-14-40(36)32-42/h5-8,10-15,17-34H,9,16H2,1-4H3. The Hall–Kier alpha value is -6.64. The average Bonchev–Trinajstić information content (AvgIpc) is 3.60. The van der Waals surface area contributed by atoms with Gasteiger partial charge in [-0.3, -0.25) is 0 Å². The summed E-state index contributed by atoms with van der Waals surface area (Å²) in [5.41, 5.74) is 16.7. The lowest BCUT2D eigenvalue weighted by Gasteiger charge is -2.42. The van der Waals surface area contributed by atoms with Crippen molar-refractivity contribution in [2.75, 3.05) is 4.90 Å². The van der Waals surface area contributed by atoms with Gasteiger partial charge in [0.15, 0.2) is 0 Å². The van der Waals surface area contributed by atoms with Crippen molar-refractivity contribution in [1.82, 2.24) is 4.57 Å². The molecule has 8 aromatic carbocycles. The molecular weight excluding hydrogens is 701 g/mol. The molecule has 3 heterocycles. The normalized spacial score (nSPS) is 15.5. The van der Waals surface area contributed by atoms with Gasteiger partial charge in [-0.15, -0.1) is 0 Å². The fourth-order valence-corrected chi connectivity index (χ4v) is 10.7. The summed E-state index contributed by atoms with van der Waals surface area (Å²) in [5, 5.41) is 9.25. The molecule has 2 nitrogen and oxygen atoms in total. The molecule has 9 aromatic rings. The van der Waals surface area contributed by atoms with E-state index in [0.29, 0.717) is 0 Å². The molecule has 1 aliphatic carbocycles. The molecule has 0 N–H and O–H groups in total. The minimum atomic E-state index is -0.199. The molecule has 0 unspecified atom stereocenters. The summed E-state index contributed by atoms with van der Waals surface area (Å²) in [4.78, 5) is 2.48. The number of hydrogen-bond donors (Lipinski definition) is 0. The Morgan fingerprint density at radius 3 is 1.59 bits per heavy atom. The number of benzene rings is 8. The average molecular weight is 745 g/mol. The molecule has 0 bridgehead atoms. The summed E-state index contributed by atoms with van der Waals surface area (Å²) in [6.07, 6.45) is 4.69. The number of hydrogen-bond acceptors (Lipinski definition) is 1. The number of anilines is 3. The number of aromatic nitrogens is 1. The Labute approximate surface area is 339 Å². The minimum Gasteiger partial charge on any atom is -0.310 e. The first-order valence-electron chi connectivity index (χ1n) is 20.8. The van der Waals surface area contributed by atoms with Crippen molar-refractivity contribution >= 4 is 61.2 Å². The molecular formula is C56H44N2. The fraction of sp³-hybridized carbons (Fsp3) is 0.143. The molecule has 58 heavy (non-hydrogen) atoms. The zero-order valence-electron chi connectivity index (χ0n) is 33.5. The van der Waals surface area contributed by atoms with E-state index < -0.39 is 0 Å². The Morgan fingerprint density at radius 2 is 1.00 bits per heavy atom. The summed E-state index contributed by atoms with van der Waals surface area (Å²) >= 11 is 0. The highest BCUT2D eigenvalue weighted by Gasteiger charge is 2.43. The first-order valence-corrected chi connectivity index (χ1v) is 20.8. The Bertz CT molecular complexity index is 3200. The van der Waals surface area contributed by atoms with Gasteiger partial charge < -0.3 is 9.47 Å². The third kappa shape index (κ3) is 4.66. The number of para-hydroxylation sites is 1. The molecule has 0 amide bonds. The van der Waals surface area contributed by atoms with Crippen molar-refractivity contribution in [1.29, 1.82) is 0 Å². The van der Waals surface area contributed by atoms with Gasteiger partial charge in [0.25, 0.3) is 0 Å². The molecule has 1 aromatic heterocycles. The monoisotopic (exact) mass is 744 g/mol. The van der Waals surface area contributed by atoms with Crippen molar-refractivity contribution < 1.29 is 0 Å². The lowest BCUT2D eigenvalue weighted by molar-refractivity contribution is 0.591. The molecule has 0 spiro atoms. The third-order valence-corrected chi connectivity index (χ3v) is 13.8. The molecule has 278 valence electrons. The van der Waals surface area contributed by atoms with Crippen LogP contribution in [0.25, 0.3) is 72.0 Å². The number of rotatable bonds is 5. The van der Waals surface area contributed by atoms with Crippen LogP contribution in [0.15, 0.2) is 164 Å². The van der Waals surface area contributed by atoms with E-state index in [0.717, 1.165) is 24.2 Å². The quantitative estimate of drug-likeness (QED) is 0.170. The zero-order chi connectivity index (χ0) is 38.9. The maximum atomic E-state index is 2.66. The van der Waals surface area contributed by atoms with E-state index >= 15 is 0 Å². The van der Waals surface area contributed by atoms with Crippen LogP contribution in [0.3, 0.4) is 0 Å². The van der Waals surface area contributed by atoms with Crippen LogP contribution in [0.4, 0.5) is 17.1 Å². The first kappa shape index (κ1) is 33.5. The highest BCUT2D eigenvalue weighted by atomic mass is 15.1. The van der Waals surface area contributed by atoms with Crippen LogP contribution in [-0.4, -0.2) is 4.57 Å². The fourth-order valence-electron chi connectivity index (χ4n) is 10.7. The summed E-state index contributed by atoms with van der Waals surface area (Å²) in [6, 6.07) is 61.2. The summed E-state index contributed by atoms with van der Waals surface area (Å²) < 4.78 is 2.66. The SMILES string of the molecule is CC1(C)C2=c3c(c4cc(N(c5ccc(-c6ccc7ccccc7c6)cc5)c5ccc(-c6ccc7ccccc7c6)cc5)cc5c4n3-c3c1cccc3C5(C)C)=CCC2. The van der Waals surface area contributed by atoms with Gasteiger partial charge >= 0.3 is 0 Å². The van der Waals surface area contributed by atoms with Crippen molar-refractivity contribution in [2.45, 2.75) is 51.4 Å². The molecule has 0 radical (unpaired) electrons. The van der Waals surface area contributed by atoms with Crippen molar-refractivity contribution in [3.05, 3.63) is 191 Å². The second-order valence-corrected chi connectivity index (χ2v) is 17.7. The highest BCUT2D eigenvalue weighted by Crippen LogP contribution is 2.52. The van der Waals surface area contributed by atoms with E-state index in [-0.39, 0.29) is 10.8 Å². The second-order valence-electron chi connectivity index (χ2n) is 17.7. The predicted molar refractivity (Wildman–Crippen MR) is 245 cm³/mol. The van der Waals surface area contributed by atoms with Crippen LogP contribution in [-0.2, 0) is 10.8 Å². The molecule has 0 fully saturated rings. The van der Waals surface area contributed by atoms with Crippen LogP contribution < -0.4 is 15.5 Å². The third-order valence-electron chi connectivity index (χ3n) is 13.8. The van der Waals surface area contributed by atoms with E-state index in [9.17, 15) is 0 Å². The molecule has 12 rings (SSSR count). The predicted octanol–water partition coefficient (Wildman–Crippen LogP) is 13.4. The molecule has 2 heteroatoms.